The Balaban J connectivity index is 2.18. The summed E-state index contributed by atoms with van der Waals surface area (Å²) in [6.45, 7) is 3.87. The lowest BCUT2D eigenvalue weighted by Crippen LogP contribution is -2.34. The number of rotatable bonds is 3. The number of anilines is 1. The third-order valence-corrected chi connectivity index (χ3v) is 3.38. The molecule has 0 saturated carbocycles. The van der Waals surface area contributed by atoms with Crippen LogP contribution in [0.5, 0.6) is 0 Å². The van der Waals surface area contributed by atoms with Crippen molar-refractivity contribution in [3.05, 3.63) is 18.0 Å². The van der Waals surface area contributed by atoms with Crippen molar-refractivity contribution in [2.45, 2.75) is 13.0 Å². The normalized spacial score (nSPS) is 23.7. The predicted octanol–water partition coefficient (Wildman–Crippen LogP) is 0.561. The average Bonchev–Trinajstić information content (AvgIpc) is 2.71. The molecule has 18 heavy (non-hydrogen) atoms. The Labute approximate surface area is 106 Å². The van der Waals surface area contributed by atoms with Crippen LogP contribution >= 0.6 is 0 Å². The molecule has 2 unspecified atom stereocenters. The molecule has 1 aromatic heterocycles. The number of nitrogens with zero attached hydrogens (tertiary/aromatic N) is 4. The molecule has 1 aromatic rings. The molecule has 0 amide bonds. The lowest BCUT2D eigenvalue weighted by Gasteiger charge is -2.22. The standard InChI is InChI=1S/C12H18N4O2/c1-8-6-16(7-10(8)15(2)3)12-13-5-4-9(14-12)11(17)18/h4-5,8,10H,6-7H2,1-3H3,(H,17,18). The van der Waals surface area contributed by atoms with E-state index in [1.807, 2.05) is 4.90 Å². The number of hydrogen-bond donors (Lipinski definition) is 1. The van der Waals surface area contributed by atoms with Gasteiger partial charge >= 0.3 is 5.97 Å². The van der Waals surface area contributed by atoms with Crippen LogP contribution in [0, 0.1) is 5.92 Å². The van der Waals surface area contributed by atoms with E-state index in [2.05, 4.69) is 35.9 Å². The van der Waals surface area contributed by atoms with Crippen LogP contribution in [0.4, 0.5) is 5.95 Å². The fraction of sp³-hybridized carbons (Fsp3) is 0.583. The minimum absolute atomic E-state index is 0.0426. The lowest BCUT2D eigenvalue weighted by atomic mass is 10.1. The van der Waals surface area contributed by atoms with E-state index >= 15 is 0 Å². The Morgan fingerprint density at radius 2 is 2.22 bits per heavy atom. The second-order valence-electron chi connectivity index (χ2n) is 4.96. The van der Waals surface area contributed by atoms with Crippen LogP contribution in [0.3, 0.4) is 0 Å². The average molecular weight is 250 g/mol. The zero-order chi connectivity index (χ0) is 13.3. The number of likely N-dealkylation sites (N-methyl/N-ethyl adjacent to an activating group) is 1. The van der Waals surface area contributed by atoms with Gasteiger partial charge in [-0.2, -0.15) is 0 Å². The SMILES string of the molecule is CC1CN(c2nccc(C(=O)O)n2)CC1N(C)C. The highest BCUT2D eigenvalue weighted by Gasteiger charge is 2.32. The van der Waals surface area contributed by atoms with Crippen molar-refractivity contribution in [2.75, 3.05) is 32.1 Å². The monoisotopic (exact) mass is 250 g/mol. The first kappa shape index (κ1) is 12.8. The number of carboxylic acid groups (broad SMARTS) is 1. The summed E-state index contributed by atoms with van der Waals surface area (Å²) in [6, 6.07) is 1.86. The van der Waals surface area contributed by atoms with Gasteiger partial charge in [-0.3, -0.25) is 0 Å². The summed E-state index contributed by atoms with van der Waals surface area (Å²) < 4.78 is 0. The third-order valence-electron chi connectivity index (χ3n) is 3.38. The Morgan fingerprint density at radius 1 is 1.50 bits per heavy atom. The Morgan fingerprint density at radius 3 is 2.78 bits per heavy atom. The minimum atomic E-state index is -1.02. The van der Waals surface area contributed by atoms with Gasteiger partial charge in [0.25, 0.3) is 0 Å². The first-order chi connectivity index (χ1) is 8.49. The van der Waals surface area contributed by atoms with E-state index in [-0.39, 0.29) is 5.69 Å². The summed E-state index contributed by atoms with van der Waals surface area (Å²) in [5.41, 5.74) is 0.0426. The van der Waals surface area contributed by atoms with Gasteiger partial charge in [-0.15, -0.1) is 0 Å². The quantitative estimate of drug-likeness (QED) is 0.845. The van der Waals surface area contributed by atoms with Crippen LogP contribution in [-0.2, 0) is 0 Å². The number of hydrogen-bond acceptors (Lipinski definition) is 5. The molecule has 0 aliphatic carbocycles. The minimum Gasteiger partial charge on any atom is -0.477 e. The summed E-state index contributed by atoms with van der Waals surface area (Å²) >= 11 is 0. The maximum Gasteiger partial charge on any atom is 0.354 e. The van der Waals surface area contributed by atoms with Crippen molar-refractivity contribution >= 4 is 11.9 Å². The van der Waals surface area contributed by atoms with Crippen molar-refractivity contribution in [1.82, 2.24) is 14.9 Å². The lowest BCUT2D eigenvalue weighted by molar-refractivity contribution is 0.0690. The van der Waals surface area contributed by atoms with Crippen molar-refractivity contribution in [2.24, 2.45) is 5.92 Å². The largest absolute Gasteiger partial charge is 0.477 e. The molecular formula is C12H18N4O2. The third kappa shape index (κ3) is 2.43. The van der Waals surface area contributed by atoms with Crippen LogP contribution in [0.15, 0.2) is 12.3 Å². The second-order valence-corrected chi connectivity index (χ2v) is 4.96. The van der Waals surface area contributed by atoms with Gasteiger partial charge in [-0.05, 0) is 26.1 Å². The Kier molecular flexibility index (Phi) is 3.47. The van der Waals surface area contributed by atoms with Crippen LogP contribution < -0.4 is 4.90 Å². The number of aromatic carboxylic acids is 1. The zero-order valence-electron chi connectivity index (χ0n) is 10.9. The number of carboxylic acids is 1. The van der Waals surface area contributed by atoms with Crippen molar-refractivity contribution < 1.29 is 9.90 Å². The van der Waals surface area contributed by atoms with E-state index in [0.29, 0.717) is 17.9 Å². The number of aromatic nitrogens is 2. The second kappa shape index (κ2) is 4.89. The smallest absolute Gasteiger partial charge is 0.354 e. The van der Waals surface area contributed by atoms with Gasteiger partial charge in [-0.25, -0.2) is 14.8 Å². The van der Waals surface area contributed by atoms with Crippen LogP contribution in [0.1, 0.15) is 17.4 Å². The van der Waals surface area contributed by atoms with E-state index in [0.717, 1.165) is 13.1 Å². The van der Waals surface area contributed by atoms with Gasteiger partial charge in [0.05, 0.1) is 0 Å². The highest BCUT2D eigenvalue weighted by molar-refractivity contribution is 5.85. The first-order valence-electron chi connectivity index (χ1n) is 5.96. The number of carbonyl (C=O) groups is 1. The molecule has 2 rings (SSSR count). The molecule has 2 heterocycles. The molecule has 6 heteroatoms. The van der Waals surface area contributed by atoms with Gasteiger partial charge < -0.3 is 14.9 Å². The predicted molar refractivity (Wildman–Crippen MR) is 67.8 cm³/mol. The zero-order valence-corrected chi connectivity index (χ0v) is 10.9. The maximum atomic E-state index is 10.9. The molecule has 0 radical (unpaired) electrons. The topological polar surface area (TPSA) is 69.6 Å². The van der Waals surface area contributed by atoms with Crippen LogP contribution in [0.2, 0.25) is 0 Å². The molecule has 2 atom stereocenters. The summed E-state index contributed by atoms with van der Waals surface area (Å²) in [5, 5.41) is 8.93. The fourth-order valence-electron chi connectivity index (χ4n) is 2.41. The highest BCUT2D eigenvalue weighted by Crippen LogP contribution is 2.23. The molecule has 0 bridgehead atoms. The van der Waals surface area contributed by atoms with E-state index in [1.165, 1.54) is 12.3 Å². The molecule has 1 fully saturated rings. The van der Waals surface area contributed by atoms with E-state index in [1.54, 1.807) is 0 Å². The molecule has 1 aliphatic heterocycles. The van der Waals surface area contributed by atoms with Crippen molar-refractivity contribution in [1.29, 1.82) is 0 Å². The molecule has 1 N–H and O–H groups in total. The molecular weight excluding hydrogens is 232 g/mol. The summed E-state index contributed by atoms with van der Waals surface area (Å²) in [5.74, 6) is -0.00163. The Hall–Kier alpha value is -1.69. The van der Waals surface area contributed by atoms with Gasteiger partial charge in [-0.1, -0.05) is 6.92 Å². The molecule has 6 nitrogen and oxygen atoms in total. The summed E-state index contributed by atoms with van der Waals surface area (Å²) in [4.78, 5) is 23.4. The van der Waals surface area contributed by atoms with E-state index in [9.17, 15) is 4.79 Å². The van der Waals surface area contributed by atoms with Crippen molar-refractivity contribution in [3.8, 4) is 0 Å². The molecule has 1 aliphatic rings. The summed E-state index contributed by atoms with van der Waals surface area (Å²) in [6.07, 6.45) is 1.50. The Bertz CT molecular complexity index is 449. The van der Waals surface area contributed by atoms with Crippen LogP contribution in [-0.4, -0.2) is 59.2 Å². The first-order valence-corrected chi connectivity index (χ1v) is 5.96. The van der Waals surface area contributed by atoms with Crippen LogP contribution in [0.25, 0.3) is 0 Å². The van der Waals surface area contributed by atoms with E-state index < -0.39 is 5.97 Å². The summed E-state index contributed by atoms with van der Waals surface area (Å²) in [7, 11) is 4.11. The molecule has 0 spiro atoms. The van der Waals surface area contributed by atoms with Gasteiger partial charge in [0.1, 0.15) is 0 Å². The van der Waals surface area contributed by atoms with Gasteiger partial charge in [0.15, 0.2) is 5.69 Å². The molecule has 98 valence electrons. The fourth-order valence-corrected chi connectivity index (χ4v) is 2.41. The molecule has 0 aromatic carbocycles. The van der Waals surface area contributed by atoms with Gasteiger partial charge in [0.2, 0.25) is 5.95 Å². The maximum absolute atomic E-state index is 10.9. The molecule has 1 saturated heterocycles. The van der Waals surface area contributed by atoms with Gasteiger partial charge in [0, 0.05) is 25.3 Å². The highest BCUT2D eigenvalue weighted by atomic mass is 16.4. The van der Waals surface area contributed by atoms with E-state index in [4.69, 9.17) is 5.11 Å². The van der Waals surface area contributed by atoms with Crippen molar-refractivity contribution in [3.63, 3.8) is 0 Å².